The highest BCUT2D eigenvalue weighted by Crippen LogP contribution is 2.16. The Morgan fingerprint density at radius 3 is 2.60 bits per heavy atom. The molecule has 0 aliphatic carbocycles. The molecule has 3 nitrogen and oxygen atoms in total. The summed E-state index contributed by atoms with van der Waals surface area (Å²) in [4.78, 5) is 10.7. The van der Waals surface area contributed by atoms with Crippen LogP contribution in [0, 0.1) is 7.53 Å². The quantitative estimate of drug-likeness (QED) is 0.712. The van der Waals surface area contributed by atoms with E-state index in [0.29, 0.717) is 3.77 Å². The third kappa shape index (κ3) is 1.62. The normalized spacial score (nSPS) is 9.80. The number of rotatable bonds is 0. The molecule has 1 aromatic rings. The summed E-state index contributed by atoms with van der Waals surface area (Å²) in [6, 6.07) is 1.23. The van der Waals surface area contributed by atoms with Gasteiger partial charge in [0.05, 0.1) is 0 Å². The lowest BCUT2D eigenvalue weighted by Gasteiger charge is -1.93. The zero-order chi connectivity index (χ0) is 7.72. The van der Waals surface area contributed by atoms with Gasteiger partial charge in [-0.1, -0.05) is 0 Å². The van der Waals surface area contributed by atoms with Crippen molar-refractivity contribution in [2.24, 2.45) is 0 Å². The second-order valence-corrected chi connectivity index (χ2v) is 3.58. The first kappa shape index (κ1) is 8.31. The molecule has 0 aromatic carbocycles. The standard InChI is InChI=1S/C5H2I2O3/c6-3-1-2(8)4(9)5(7)10-3/h1,9H. The summed E-state index contributed by atoms with van der Waals surface area (Å²) in [5.41, 5.74) is -0.403. The summed E-state index contributed by atoms with van der Waals surface area (Å²) < 4.78 is 5.62. The van der Waals surface area contributed by atoms with Gasteiger partial charge in [0, 0.05) is 28.7 Å². The largest absolute Gasteiger partial charge is 0.501 e. The first-order valence-corrected chi connectivity index (χ1v) is 4.45. The summed E-state index contributed by atoms with van der Waals surface area (Å²) in [7, 11) is 0. The third-order valence-corrected chi connectivity index (χ3v) is 2.11. The van der Waals surface area contributed by atoms with Crippen LogP contribution < -0.4 is 5.43 Å². The summed E-state index contributed by atoms with van der Waals surface area (Å²) in [6.07, 6.45) is 0. The second kappa shape index (κ2) is 3.07. The maximum Gasteiger partial charge on any atom is 0.228 e. The fraction of sp³-hybridized carbons (Fsp3) is 0. The predicted octanol–water partition coefficient (Wildman–Crippen LogP) is 1.55. The van der Waals surface area contributed by atoms with Crippen LogP contribution in [0.15, 0.2) is 15.3 Å². The Morgan fingerprint density at radius 2 is 2.10 bits per heavy atom. The zero-order valence-corrected chi connectivity index (χ0v) is 8.91. The van der Waals surface area contributed by atoms with Crippen molar-refractivity contribution < 1.29 is 9.52 Å². The summed E-state index contributed by atoms with van der Waals surface area (Å²) >= 11 is 3.62. The van der Waals surface area contributed by atoms with Gasteiger partial charge in [-0.3, -0.25) is 4.79 Å². The monoisotopic (exact) mass is 364 g/mol. The van der Waals surface area contributed by atoms with Gasteiger partial charge in [-0.2, -0.15) is 0 Å². The van der Waals surface area contributed by atoms with Gasteiger partial charge in [-0.05, 0) is 22.6 Å². The Balaban J connectivity index is 3.46. The van der Waals surface area contributed by atoms with Crippen LogP contribution >= 0.6 is 45.2 Å². The SMILES string of the molecule is O=c1cc(I)oc(I)c1O. The maximum absolute atomic E-state index is 10.7. The zero-order valence-electron chi connectivity index (χ0n) is 4.60. The number of hydrogen-bond acceptors (Lipinski definition) is 3. The first-order chi connectivity index (χ1) is 4.61. The molecule has 1 aromatic heterocycles. The molecule has 0 spiro atoms. The van der Waals surface area contributed by atoms with Crippen molar-refractivity contribution in [3.05, 3.63) is 23.8 Å². The Kier molecular flexibility index (Phi) is 2.55. The predicted molar refractivity (Wildman–Crippen MR) is 52.1 cm³/mol. The van der Waals surface area contributed by atoms with E-state index in [0.717, 1.165) is 0 Å². The molecular formula is C5H2I2O3. The fourth-order valence-corrected chi connectivity index (χ4v) is 1.86. The van der Waals surface area contributed by atoms with Crippen molar-refractivity contribution in [2.75, 3.05) is 0 Å². The van der Waals surface area contributed by atoms with Crippen LogP contribution in [0.2, 0.25) is 0 Å². The average molecular weight is 364 g/mol. The van der Waals surface area contributed by atoms with E-state index < -0.39 is 5.43 Å². The number of hydrogen-bond donors (Lipinski definition) is 1. The Bertz CT molecular complexity index is 304. The fourth-order valence-electron chi connectivity index (χ4n) is 0.432. The lowest BCUT2D eigenvalue weighted by atomic mass is 10.5. The molecule has 0 fully saturated rings. The van der Waals surface area contributed by atoms with E-state index in [4.69, 9.17) is 9.52 Å². The average Bonchev–Trinajstić information content (AvgIpc) is 1.82. The minimum absolute atomic E-state index is 0.231. The lowest BCUT2D eigenvalue weighted by molar-refractivity contribution is 0.401. The van der Waals surface area contributed by atoms with Gasteiger partial charge in [-0.25, -0.2) is 0 Å². The summed E-state index contributed by atoms with van der Waals surface area (Å²) in [6.45, 7) is 0. The van der Waals surface area contributed by atoms with Crippen molar-refractivity contribution in [1.29, 1.82) is 0 Å². The molecule has 1 rings (SSSR count). The molecule has 1 heterocycles. The van der Waals surface area contributed by atoms with Crippen molar-refractivity contribution >= 4 is 45.2 Å². The molecule has 0 radical (unpaired) electrons. The molecule has 0 aliphatic heterocycles. The number of halogens is 2. The molecule has 1 N–H and O–H groups in total. The van der Waals surface area contributed by atoms with Gasteiger partial charge in [0.2, 0.25) is 14.9 Å². The van der Waals surface area contributed by atoms with Gasteiger partial charge in [-0.15, -0.1) is 0 Å². The molecule has 0 aliphatic rings. The lowest BCUT2D eigenvalue weighted by Crippen LogP contribution is -2.00. The molecule has 0 unspecified atom stereocenters. The topological polar surface area (TPSA) is 50.4 Å². The van der Waals surface area contributed by atoms with Crippen molar-refractivity contribution in [3.8, 4) is 5.75 Å². The molecule has 0 saturated heterocycles. The van der Waals surface area contributed by atoms with E-state index in [1.807, 2.05) is 22.6 Å². The number of aromatic hydroxyl groups is 1. The van der Waals surface area contributed by atoms with E-state index in [9.17, 15) is 4.79 Å². The molecule has 0 amide bonds. The molecule has 54 valence electrons. The van der Waals surface area contributed by atoms with E-state index >= 15 is 0 Å². The van der Waals surface area contributed by atoms with Crippen LogP contribution in [0.25, 0.3) is 0 Å². The van der Waals surface area contributed by atoms with Gasteiger partial charge in [0.1, 0.15) is 0 Å². The summed E-state index contributed by atoms with van der Waals surface area (Å²) in [5.74, 6) is -0.319. The van der Waals surface area contributed by atoms with E-state index in [2.05, 4.69) is 0 Å². The highest BCUT2D eigenvalue weighted by Gasteiger charge is 2.05. The Hall–Kier alpha value is 0.210. The highest BCUT2D eigenvalue weighted by molar-refractivity contribution is 14.1. The van der Waals surface area contributed by atoms with Crippen molar-refractivity contribution in [2.45, 2.75) is 0 Å². The Labute approximate surface area is 83.7 Å². The van der Waals surface area contributed by atoms with Crippen LogP contribution in [-0.4, -0.2) is 5.11 Å². The second-order valence-electron chi connectivity index (χ2n) is 1.54. The third-order valence-electron chi connectivity index (χ3n) is 0.851. The van der Waals surface area contributed by atoms with Gasteiger partial charge in [0.15, 0.2) is 3.77 Å². The van der Waals surface area contributed by atoms with Crippen LogP contribution in [-0.2, 0) is 0 Å². The molecule has 0 saturated carbocycles. The van der Waals surface area contributed by atoms with E-state index in [-0.39, 0.29) is 9.52 Å². The van der Waals surface area contributed by atoms with Gasteiger partial charge in [0.25, 0.3) is 0 Å². The summed E-state index contributed by atoms with van der Waals surface area (Å²) in [5, 5.41) is 8.91. The minimum Gasteiger partial charge on any atom is -0.501 e. The first-order valence-electron chi connectivity index (χ1n) is 2.29. The Morgan fingerprint density at radius 1 is 1.50 bits per heavy atom. The van der Waals surface area contributed by atoms with Crippen LogP contribution in [0.1, 0.15) is 0 Å². The van der Waals surface area contributed by atoms with Crippen molar-refractivity contribution in [3.63, 3.8) is 0 Å². The van der Waals surface area contributed by atoms with Crippen LogP contribution in [0.3, 0.4) is 0 Å². The van der Waals surface area contributed by atoms with Crippen LogP contribution in [0.4, 0.5) is 0 Å². The molecular weight excluding hydrogens is 362 g/mol. The molecule has 0 bridgehead atoms. The molecule has 0 atom stereocenters. The van der Waals surface area contributed by atoms with Crippen LogP contribution in [0.5, 0.6) is 5.75 Å². The van der Waals surface area contributed by atoms with Crippen molar-refractivity contribution in [1.82, 2.24) is 0 Å². The minimum atomic E-state index is -0.403. The maximum atomic E-state index is 10.7. The molecule has 5 heteroatoms. The molecule has 10 heavy (non-hydrogen) atoms. The smallest absolute Gasteiger partial charge is 0.228 e. The van der Waals surface area contributed by atoms with Gasteiger partial charge < -0.3 is 9.52 Å². The van der Waals surface area contributed by atoms with Gasteiger partial charge >= 0.3 is 0 Å². The highest BCUT2D eigenvalue weighted by atomic mass is 127. The van der Waals surface area contributed by atoms with E-state index in [1.165, 1.54) is 6.07 Å². The van der Waals surface area contributed by atoms with E-state index in [1.54, 1.807) is 22.6 Å².